The Bertz CT molecular complexity index is 66.4. The SMILES string of the molecule is Cl.Cl.NCCCNCC(O)O. The van der Waals surface area contributed by atoms with Gasteiger partial charge in [-0.3, -0.25) is 0 Å². The lowest BCUT2D eigenvalue weighted by atomic mass is 10.4. The number of rotatable bonds is 5. The molecule has 0 saturated carbocycles. The Labute approximate surface area is 79.0 Å². The van der Waals surface area contributed by atoms with Gasteiger partial charge in [-0.15, -0.1) is 24.8 Å². The summed E-state index contributed by atoms with van der Waals surface area (Å²) in [6.07, 6.45) is -0.380. The molecule has 0 aromatic carbocycles. The number of aliphatic hydroxyl groups excluding tert-OH is 1. The van der Waals surface area contributed by atoms with Crippen molar-refractivity contribution in [3.05, 3.63) is 0 Å². The lowest BCUT2D eigenvalue weighted by molar-refractivity contribution is -0.0370. The second kappa shape index (κ2) is 13.0. The first-order chi connectivity index (χ1) is 4.27. The van der Waals surface area contributed by atoms with Gasteiger partial charge in [-0.1, -0.05) is 0 Å². The highest BCUT2D eigenvalue weighted by Gasteiger charge is 1.92. The fourth-order valence-electron chi connectivity index (χ4n) is 0.458. The van der Waals surface area contributed by atoms with Crippen molar-refractivity contribution in [3.8, 4) is 0 Å². The second-order valence-corrected chi connectivity index (χ2v) is 1.83. The van der Waals surface area contributed by atoms with E-state index in [1.54, 1.807) is 0 Å². The monoisotopic (exact) mass is 206 g/mol. The van der Waals surface area contributed by atoms with E-state index in [0.717, 1.165) is 13.0 Å². The van der Waals surface area contributed by atoms with Crippen LogP contribution in [0.3, 0.4) is 0 Å². The van der Waals surface area contributed by atoms with Crippen LogP contribution in [-0.4, -0.2) is 36.1 Å². The Hall–Kier alpha value is 0.420. The molecule has 0 radical (unpaired) electrons. The van der Waals surface area contributed by atoms with E-state index in [4.69, 9.17) is 15.9 Å². The van der Waals surface area contributed by atoms with Crippen LogP contribution >= 0.6 is 24.8 Å². The van der Waals surface area contributed by atoms with Crippen LogP contribution < -0.4 is 11.1 Å². The molecular formula is C5H16Cl2N2O2. The Morgan fingerprint density at radius 2 is 1.82 bits per heavy atom. The first-order valence-electron chi connectivity index (χ1n) is 3.04. The van der Waals surface area contributed by atoms with Gasteiger partial charge in [0, 0.05) is 6.54 Å². The van der Waals surface area contributed by atoms with Crippen LogP contribution in [-0.2, 0) is 0 Å². The van der Waals surface area contributed by atoms with E-state index in [1.807, 2.05) is 0 Å². The van der Waals surface area contributed by atoms with E-state index < -0.39 is 6.29 Å². The quantitative estimate of drug-likeness (QED) is 0.347. The molecule has 0 aromatic rings. The molecular weight excluding hydrogens is 191 g/mol. The molecule has 0 bridgehead atoms. The van der Waals surface area contributed by atoms with Crippen molar-refractivity contribution in [3.63, 3.8) is 0 Å². The molecule has 72 valence electrons. The Morgan fingerprint density at radius 1 is 1.27 bits per heavy atom. The highest BCUT2D eigenvalue weighted by molar-refractivity contribution is 5.85. The summed E-state index contributed by atoms with van der Waals surface area (Å²) in [5, 5.41) is 19.4. The van der Waals surface area contributed by atoms with Crippen LogP contribution in [0, 0.1) is 0 Å². The summed E-state index contributed by atoms with van der Waals surface area (Å²) in [6.45, 7) is 1.60. The molecule has 0 rings (SSSR count). The summed E-state index contributed by atoms with van der Waals surface area (Å²) in [5.74, 6) is 0. The molecule has 0 atom stereocenters. The van der Waals surface area contributed by atoms with Crippen LogP contribution in [0.4, 0.5) is 0 Å². The first-order valence-corrected chi connectivity index (χ1v) is 3.04. The third-order valence-corrected chi connectivity index (χ3v) is 0.885. The molecule has 0 aliphatic heterocycles. The number of aliphatic hydroxyl groups is 2. The van der Waals surface area contributed by atoms with Crippen molar-refractivity contribution in [2.45, 2.75) is 12.7 Å². The Morgan fingerprint density at radius 3 is 2.18 bits per heavy atom. The van der Waals surface area contributed by atoms with Crippen molar-refractivity contribution in [1.29, 1.82) is 0 Å². The Balaban J connectivity index is -0.000000320. The van der Waals surface area contributed by atoms with E-state index in [0.29, 0.717) is 6.54 Å². The largest absolute Gasteiger partial charge is 0.367 e. The van der Waals surface area contributed by atoms with E-state index in [9.17, 15) is 0 Å². The van der Waals surface area contributed by atoms with Gasteiger partial charge in [0.1, 0.15) is 0 Å². The van der Waals surface area contributed by atoms with Gasteiger partial charge in [0.2, 0.25) is 0 Å². The van der Waals surface area contributed by atoms with Crippen LogP contribution in [0.1, 0.15) is 6.42 Å². The summed E-state index contributed by atoms with van der Waals surface area (Å²) in [6, 6.07) is 0. The number of nitrogens with two attached hydrogens (primary N) is 1. The molecule has 0 heterocycles. The van der Waals surface area contributed by atoms with Gasteiger partial charge in [-0.25, -0.2) is 0 Å². The molecule has 5 N–H and O–H groups in total. The van der Waals surface area contributed by atoms with Crippen molar-refractivity contribution >= 4 is 24.8 Å². The third-order valence-electron chi connectivity index (χ3n) is 0.885. The van der Waals surface area contributed by atoms with E-state index in [-0.39, 0.29) is 31.4 Å². The molecule has 0 unspecified atom stereocenters. The summed E-state index contributed by atoms with van der Waals surface area (Å²) < 4.78 is 0. The molecule has 0 saturated heterocycles. The zero-order valence-electron chi connectivity index (χ0n) is 6.19. The van der Waals surface area contributed by atoms with E-state index >= 15 is 0 Å². The van der Waals surface area contributed by atoms with Crippen LogP contribution in [0.15, 0.2) is 0 Å². The first kappa shape index (κ1) is 17.5. The molecule has 11 heavy (non-hydrogen) atoms. The molecule has 0 aliphatic carbocycles. The second-order valence-electron chi connectivity index (χ2n) is 1.83. The number of hydrogen-bond acceptors (Lipinski definition) is 4. The molecule has 0 aromatic heterocycles. The summed E-state index contributed by atoms with van der Waals surface area (Å²) >= 11 is 0. The van der Waals surface area contributed by atoms with Gasteiger partial charge >= 0.3 is 0 Å². The average molecular weight is 207 g/mol. The Kier molecular flexibility index (Phi) is 20.7. The normalized spacial score (nSPS) is 8.73. The molecule has 6 heteroatoms. The van der Waals surface area contributed by atoms with Crippen molar-refractivity contribution in [2.75, 3.05) is 19.6 Å². The minimum Gasteiger partial charge on any atom is -0.367 e. The molecule has 0 aliphatic rings. The number of halogens is 2. The minimum absolute atomic E-state index is 0. The minimum atomic E-state index is -1.25. The zero-order chi connectivity index (χ0) is 7.11. The fourth-order valence-corrected chi connectivity index (χ4v) is 0.458. The molecule has 0 fully saturated rings. The van der Waals surface area contributed by atoms with Crippen molar-refractivity contribution in [1.82, 2.24) is 5.32 Å². The van der Waals surface area contributed by atoms with Gasteiger partial charge in [-0.05, 0) is 19.5 Å². The van der Waals surface area contributed by atoms with E-state index in [2.05, 4.69) is 5.32 Å². The standard InChI is InChI=1S/C5H14N2O2.2ClH/c6-2-1-3-7-4-5(8)9;;/h5,7-9H,1-4,6H2;2*1H. The van der Waals surface area contributed by atoms with Crippen molar-refractivity contribution < 1.29 is 10.2 Å². The molecule has 0 spiro atoms. The summed E-state index contributed by atoms with van der Waals surface area (Å²) in [5.41, 5.74) is 5.18. The van der Waals surface area contributed by atoms with Gasteiger partial charge in [0.25, 0.3) is 0 Å². The maximum absolute atomic E-state index is 8.31. The maximum atomic E-state index is 8.31. The highest BCUT2D eigenvalue weighted by Crippen LogP contribution is 1.72. The molecule has 0 amide bonds. The topological polar surface area (TPSA) is 78.5 Å². The number of hydrogen-bond donors (Lipinski definition) is 4. The van der Waals surface area contributed by atoms with Crippen LogP contribution in [0.25, 0.3) is 0 Å². The predicted molar refractivity (Wildman–Crippen MR) is 49.3 cm³/mol. The van der Waals surface area contributed by atoms with E-state index in [1.165, 1.54) is 0 Å². The van der Waals surface area contributed by atoms with Crippen LogP contribution in [0.2, 0.25) is 0 Å². The van der Waals surface area contributed by atoms with Gasteiger partial charge in [-0.2, -0.15) is 0 Å². The van der Waals surface area contributed by atoms with Gasteiger partial charge in [0.05, 0.1) is 0 Å². The summed E-state index contributed by atoms with van der Waals surface area (Å²) in [7, 11) is 0. The predicted octanol–water partition coefficient (Wildman–Crippen LogP) is -0.921. The zero-order valence-corrected chi connectivity index (χ0v) is 7.83. The lowest BCUT2D eigenvalue weighted by Gasteiger charge is -2.03. The average Bonchev–Trinajstić information content (AvgIpc) is 1.80. The lowest BCUT2D eigenvalue weighted by Crippen LogP contribution is -2.28. The number of nitrogens with one attached hydrogen (secondary N) is 1. The molecule has 4 nitrogen and oxygen atoms in total. The van der Waals surface area contributed by atoms with Crippen molar-refractivity contribution in [2.24, 2.45) is 5.73 Å². The smallest absolute Gasteiger partial charge is 0.164 e. The fraction of sp³-hybridized carbons (Fsp3) is 1.00. The van der Waals surface area contributed by atoms with Gasteiger partial charge in [0.15, 0.2) is 6.29 Å². The maximum Gasteiger partial charge on any atom is 0.164 e. The van der Waals surface area contributed by atoms with Crippen LogP contribution in [0.5, 0.6) is 0 Å². The summed E-state index contributed by atoms with van der Waals surface area (Å²) in [4.78, 5) is 0. The highest BCUT2D eigenvalue weighted by atomic mass is 35.5. The third kappa shape index (κ3) is 17.9. The van der Waals surface area contributed by atoms with Gasteiger partial charge < -0.3 is 21.3 Å².